The number of nitrogens with two attached hydrogens (primary N) is 1. The van der Waals surface area contributed by atoms with E-state index in [9.17, 15) is 0 Å². The second kappa shape index (κ2) is 5.49. The molecule has 1 aromatic heterocycles. The lowest BCUT2D eigenvalue weighted by Crippen LogP contribution is -2.36. The molecular formula is C11H18ClN5. The fourth-order valence-corrected chi connectivity index (χ4v) is 2.51. The van der Waals surface area contributed by atoms with Gasteiger partial charge in [0.1, 0.15) is 0 Å². The monoisotopic (exact) mass is 255 g/mol. The van der Waals surface area contributed by atoms with E-state index < -0.39 is 0 Å². The van der Waals surface area contributed by atoms with Crippen molar-refractivity contribution in [2.45, 2.75) is 45.1 Å². The van der Waals surface area contributed by atoms with Gasteiger partial charge in [-0.1, -0.05) is 19.8 Å². The molecule has 1 fully saturated rings. The van der Waals surface area contributed by atoms with Crippen molar-refractivity contribution >= 4 is 23.5 Å². The van der Waals surface area contributed by atoms with E-state index in [1.54, 1.807) is 0 Å². The van der Waals surface area contributed by atoms with Crippen LogP contribution in [0, 0.1) is 0 Å². The van der Waals surface area contributed by atoms with Crippen LogP contribution in [0.1, 0.15) is 39.0 Å². The van der Waals surface area contributed by atoms with Gasteiger partial charge < -0.3 is 10.6 Å². The van der Waals surface area contributed by atoms with Crippen LogP contribution in [0.5, 0.6) is 0 Å². The van der Waals surface area contributed by atoms with E-state index in [0.29, 0.717) is 12.0 Å². The predicted octanol–water partition coefficient (Wildman–Crippen LogP) is 2.27. The lowest BCUT2D eigenvalue weighted by Gasteiger charge is -2.29. The molecule has 0 saturated carbocycles. The molecule has 1 unspecified atom stereocenters. The molecule has 6 heteroatoms. The van der Waals surface area contributed by atoms with Gasteiger partial charge in [-0.3, -0.25) is 0 Å². The number of anilines is 2. The Kier molecular flexibility index (Phi) is 3.99. The Balaban J connectivity index is 2.27. The van der Waals surface area contributed by atoms with Crippen LogP contribution in [-0.2, 0) is 0 Å². The van der Waals surface area contributed by atoms with Gasteiger partial charge in [-0.15, -0.1) is 0 Å². The Morgan fingerprint density at radius 2 is 2.12 bits per heavy atom. The van der Waals surface area contributed by atoms with Crippen LogP contribution in [0.4, 0.5) is 11.9 Å². The van der Waals surface area contributed by atoms with Crippen molar-refractivity contribution in [3.05, 3.63) is 5.28 Å². The standard InChI is InChI=1S/C11H18ClN5/c1-2-8-6-4-3-5-7-17(8)11-15-9(12)14-10(13)16-11/h8H,2-7H2,1H3,(H2,13,14,15,16). The minimum Gasteiger partial charge on any atom is -0.368 e. The Morgan fingerprint density at radius 3 is 2.82 bits per heavy atom. The van der Waals surface area contributed by atoms with Gasteiger partial charge in [0.05, 0.1) is 0 Å². The Morgan fingerprint density at radius 1 is 1.29 bits per heavy atom. The smallest absolute Gasteiger partial charge is 0.231 e. The van der Waals surface area contributed by atoms with E-state index in [2.05, 4.69) is 26.8 Å². The topological polar surface area (TPSA) is 67.9 Å². The summed E-state index contributed by atoms with van der Waals surface area (Å²) in [5.74, 6) is 0.815. The first-order chi connectivity index (χ1) is 8.20. The van der Waals surface area contributed by atoms with Crippen molar-refractivity contribution in [2.75, 3.05) is 17.2 Å². The maximum Gasteiger partial charge on any atom is 0.231 e. The van der Waals surface area contributed by atoms with Crippen LogP contribution < -0.4 is 10.6 Å². The summed E-state index contributed by atoms with van der Waals surface area (Å²) >= 11 is 5.83. The first-order valence-corrected chi connectivity index (χ1v) is 6.52. The molecule has 1 atom stereocenters. The number of nitrogens with zero attached hydrogens (tertiary/aromatic N) is 4. The minimum absolute atomic E-state index is 0.173. The molecule has 0 aliphatic carbocycles. The molecule has 5 nitrogen and oxygen atoms in total. The summed E-state index contributed by atoms with van der Waals surface area (Å²) in [5, 5.41) is 0.173. The molecule has 0 amide bonds. The summed E-state index contributed by atoms with van der Waals surface area (Å²) in [6.45, 7) is 3.16. The molecule has 0 aromatic carbocycles. The lowest BCUT2D eigenvalue weighted by molar-refractivity contribution is 0.547. The van der Waals surface area contributed by atoms with Crippen molar-refractivity contribution in [3.8, 4) is 0 Å². The molecule has 17 heavy (non-hydrogen) atoms. The molecule has 1 aromatic rings. The average Bonchev–Trinajstić information content (AvgIpc) is 2.52. The third-order valence-electron chi connectivity index (χ3n) is 3.22. The normalized spacial score (nSPS) is 21.3. The fourth-order valence-electron chi connectivity index (χ4n) is 2.35. The zero-order valence-corrected chi connectivity index (χ0v) is 10.8. The van der Waals surface area contributed by atoms with Crippen LogP contribution in [0.15, 0.2) is 0 Å². The van der Waals surface area contributed by atoms with Crippen LogP contribution in [-0.4, -0.2) is 27.5 Å². The van der Waals surface area contributed by atoms with Crippen molar-refractivity contribution < 1.29 is 0 Å². The molecule has 2 heterocycles. The number of halogens is 1. The van der Waals surface area contributed by atoms with E-state index >= 15 is 0 Å². The lowest BCUT2D eigenvalue weighted by atomic mass is 10.1. The third-order valence-corrected chi connectivity index (χ3v) is 3.39. The van der Waals surface area contributed by atoms with Gasteiger partial charge in [-0.25, -0.2) is 0 Å². The molecule has 0 spiro atoms. The van der Waals surface area contributed by atoms with Gasteiger partial charge in [0.2, 0.25) is 17.2 Å². The van der Waals surface area contributed by atoms with Crippen LogP contribution in [0.3, 0.4) is 0 Å². The quantitative estimate of drug-likeness (QED) is 0.878. The summed E-state index contributed by atoms with van der Waals surface area (Å²) in [5.41, 5.74) is 5.62. The van der Waals surface area contributed by atoms with Gasteiger partial charge in [0, 0.05) is 12.6 Å². The van der Waals surface area contributed by atoms with E-state index in [0.717, 1.165) is 13.0 Å². The Labute approximate surface area is 106 Å². The second-order valence-electron chi connectivity index (χ2n) is 4.37. The largest absolute Gasteiger partial charge is 0.368 e. The highest BCUT2D eigenvalue weighted by atomic mass is 35.5. The molecule has 0 radical (unpaired) electrons. The second-order valence-corrected chi connectivity index (χ2v) is 4.71. The third kappa shape index (κ3) is 2.97. The summed E-state index contributed by atoms with van der Waals surface area (Å²) < 4.78 is 0. The van der Waals surface area contributed by atoms with Gasteiger partial charge in [-0.05, 0) is 30.9 Å². The average molecular weight is 256 g/mol. The maximum absolute atomic E-state index is 5.83. The van der Waals surface area contributed by atoms with E-state index in [1.165, 1.54) is 25.7 Å². The zero-order chi connectivity index (χ0) is 12.3. The number of hydrogen-bond acceptors (Lipinski definition) is 5. The number of nitrogen functional groups attached to an aromatic ring is 1. The first kappa shape index (κ1) is 12.4. The molecule has 1 saturated heterocycles. The van der Waals surface area contributed by atoms with Gasteiger partial charge in [-0.2, -0.15) is 15.0 Å². The van der Waals surface area contributed by atoms with Gasteiger partial charge in [0.25, 0.3) is 0 Å². The number of aromatic nitrogens is 3. The van der Waals surface area contributed by atoms with Crippen LogP contribution in [0.25, 0.3) is 0 Å². The van der Waals surface area contributed by atoms with E-state index in [-0.39, 0.29) is 11.2 Å². The zero-order valence-electron chi connectivity index (χ0n) is 10.1. The Hall–Kier alpha value is -1.10. The summed E-state index contributed by atoms with van der Waals surface area (Å²) in [4.78, 5) is 14.4. The highest BCUT2D eigenvalue weighted by molar-refractivity contribution is 6.28. The van der Waals surface area contributed by atoms with E-state index in [1.807, 2.05) is 0 Å². The maximum atomic E-state index is 5.83. The molecular weight excluding hydrogens is 238 g/mol. The Bertz CT molecular complexity index is 364. The van der Waals surface area contributed by atoms with Crippen LogP contribution in [0.2, 0.25) is 5.28 Å². The summed E-state index contributed by atoms with van der Waals surface area (Å²) in [7, 11) is 0. The van der Waals surface area contributed by atoms with Gasteiger partial charge >= 0.3 is 0 Å². The number of hydrogen-bond donors (Lipinski definition) is 1. The van der Waals surface area contributed by atoms with E-state index in [4.69, 9.17) is 17.3 Å². The SMILES string of the molecule is CCC1CCCCCN1c1nc(N)nc(Cl)n1. The fraction of sp³-hybridized carbons (Fsp3) is 0.727. The van der Waals surface area contributed by atoms with Crippen molar-refractivity contribution in [2.24, 2.45) is 0 Å². The highest BCUT2D eigenvalue weighted by Crippen LogP contribution is 2.24. The van der Waals surface area contributed by atoms with Crippen molar-refractivity contribution in [1.82, 2.24) is 15.0 Å². The molecule has 94 valence electrons. The van der Waals surface area contributed by atoms with Crippen LogP contribution >= 0.6 is 11.6 Å². The summed E-state index contributed by atoms with van der Waals surface area (Å²) in [6, 6.07) is 0.482. The minimum atomic E-state index is 0.173. The molecule has 1 aliphatic rings. The predicted molar refractivity (Wildman–Crippen MR) is 69.1 cm³/mol. The number of rotatable bonds is 2. The molecule has 2 N–H and O–H groups in total. The summed E-state index contributed by atoms with van der Waals surface area (Å²) in [6.07, 6.45) is 5.97. The van der Waals surface area contributed by atoms with Gasteiger partial charge in [0.15, 0.2) is 0 Å². The molecule has 1 aliphatic heterocycles. The van der Waals surface area contributed by atoms with Crippen molar-refractivity contribution in [1.29, 1.82) is 0 Å². The molecule has 0 bridgehead atoms. The highest BCUT2D eigenvalue weighted by Gasteiger charge is 2.22. The molecule has 2 rings (SSSR count). The first-order valence-electron chi connectivity index (χ1n) is 6.14. The van der Waals surface area contributed by atoms with Crippen molar-refractivity contribution in [3.63, 3.8) is 0 Å².